The van der Waals surface area contributed by atoms with E-state index >= 15 is 0 Å². The molecule has 0 spiro atoms. The van der Waals surface area contributed by atoms with Gasteiger partial charge in [0.25, 0.3) is 0 Å². The van der Waals surface area contributed by atoms with Crippen molar-refractivity contribution < 1.29 is 27.2 Å². The maximum absolute atomic E-state index is 13.2. The fourth-order valence-electron chi connectivity index (χ4n) is 2.92. The molecule has 0 aliphatic carbocycles. The Balaban J connectivity index is 2.16. The molecule has 2 rings (SSSR count). The van der Waals surface area contributed by atoms with Gasteiger partial charge in [-0.15, -0.1) is 0 Å². The van der Waals surface area contributed by atoms with Crippen LogP contribution in [0, 0.1) is 5.82 Å². The van der Waals surface area contributed by atoms with Crippen molar-refractivity contribution in [3.05, 3.63) is 35.6 Å². The first-order chi connectivity index (χ1) is 11.2. The molecule has 8 heteroatoms. The van der Waals surface area contributed by atoms with E-state index in [0.29, 0.717) is 5.56 Å². The van der Waals surface area contributed by atoms with Crippen LogP contribution in [-0.2, 0) is 16.0 Å². The van der Waals surface area contributed by atoms with Crippen molar-refractivity contribution >= 4 is 11.8 Å². The molecule has 2 atom stereocenters. The second-order valence-corrected chi connectivity index (χ2v) is 5.89. The van der Waals surface area contributed by atoms with E-state index in [4.69, 9.17) is 0 Å². The number of nitrogens with one attached hydrogen (secondary N) is 1. The monoisotopic (exact) mass is 346 g/mol. The number of rotatable bonds is 3. The minimum absolute atomic E-state index is 0.146. The molecule has 0 radical (unpaired) electrons. The molecule has 0 bridgehead atoms. The SMILES string of the molecule is CC(=O)N[C@H]1CC[C@H](C(F)(F)F)N(C(=O)Cc2cccc(F)c2)C1. The topological polar surface area (TPSA) is 49.4 Å². The Labute approximate surface area is 136 Å². The molecule has 1 aliphatic heterocycles. The van der Waals surface area contributed by atoms with E-state index in [1.165, 1.54) is 25.1 Å². The van der Waals surface area contributed by atoms with Gasteiger partial charge in [-0.05, 0) is 30.5 Å². The second-order valence-electron chi connectivity index (χ2n) is 5.89. The van der Waals surface area contributed by atoms with Gasteiger partial charge in [0.05, 0.1) is 6.42 Å². The number of benzene rings is 1. The number of likely N-dealkylation sites (tertiary alicyclic amines) is 1. The standard InChI is InChI=1S/C16H18F4N2O2/c1-10(23)21-13-5-6-14(16(18,19)20)22(9-13)15(24)8-11-3-2-4-12(17)7-11/h2-4,7,13-14H,5-6,8-9H2,1H3,(H,21,23)/t13-,14+/m0/s1. The first kappa shape index (κ1) is 18.2. The highest BCUT2D eigenvalue weighted by molar-refractivity contribution is 5.79. The number of piperidine rings is 1. The Morgan fingerprint density at radius 1 is 1.29 bits per heavy atom. The summed E-state index contributed by atoms with van der Waals surface area (Å²) in [5.41, 5.74) is 0.308. The predicted octanol–water partition coefficient (Wildman–Crippen LogP) is 2.43. The summed E-state index contributed by atoms with van der Waals surface area (Å²) in [5.74, 6) is -1.65. The summed E-state index contributed by atoms with van der Waals surface area (Å²) in [6.07, 6.45) is -4.99. The Hall–Kier alpha value is -2.12. The zero-order valence-corrected chi connectivity index (χ0v) is 13.1. The largest absolute Gasteiger partial charge is 0.408 e. The summed E-state index contributed by atoms with van der Waals surface area (Å²) >= 11 is 0. The lowest BCUT2D eigenvalue weighted by atomic mass is 9.96. The van der Waals surface area contributed by atoms with Crippen LogP contribution in [0.15, 0.2) is 24.3 Å². The summed E-state index contributed by atoms with van der Waals surface area (Å²) in [6, 6.07) is 2.80. The summed E-state index contributed by atoms with van der Waals surface area (Å²) in [6.45, 7) is 1.06. The minimum Gasteiger partial charge on any atom is -0.352 e. The molecular formula is C16H18F4N2O2. The van der Waals surface area contributed by atoms with Crippen LogP contribution in [0.25, 0.3) is 0 Å². The lowest BCUT2D eigenvalue weighted by Crippen LogP contribution is -2.58. The van der Waals surface area contributed by atoms with Crippen molar-refractivity contribution in [3.8, 4) is 0 Å². The highest BCUT2D eigenvalue weighted by Gasteiger charge is 2.47. The van der Waals surface area contributed by atoms with Gasteiger partial charge in [0.2, 0.25) is 11.8 Å². The minimum atomic E-state index is -4.54. The molecule has 1 fully saturated rings. The van der Waals surface area contributed by atoms with Crippen LogP contribution in [0.3, 0.4) is 0 Å². The third kappa shape index (κ3) is 4.69. The van der Waals surface area contributed by atoms with E-state index in [1.807, 2.05) is 0 Å². The Morgan fingerprint density at radius 2 is 2.00 bits per heavy atom. The maximum atomic E-state index is 13.2. The van der Waals surface area contributed by atoms with Crippen LogP contribution in [0.2, 0.25) is 0 Å². The molecule has 2 amide bonds. The molecule has 0 unspecified atom stereocenters. The van der Waals surface area contributed by atoms with E-state index < -0.39 is 30.0 Å². The van der Waals surface area contributed by atoms with E-state index in [1.54, 1.807) is 0 Å². The Kier molecular flexibility index (Phi) is 5.46. The van der Waals surface area contributed by atoms with Gasteiger partial charge in [0.1, 0.15) is 11.9 Å². The highest BCUT2D eigenvalue weighted by atomic mass is 19.4. The number of nitrogens with zero attached hydrogens (tertiary/aromatic N) is 1. The summed E-state index contributed by atoms with van der Waals surface area (Å²) in [7, 11) is 0. The zero-order chi connectivity index (χ0) is 17.9. The number of amides is 2. The Morgan fingerprint density at radius 3 is 2.58 bits per heavy atom. The van der Waals surface area contributed by atoms with Gasteiger partial charge < -0.3 is 10.2 Å². The first-order valence-corrected chi connectivity index (χ1v) is 7.54. The van der Waals surface area contributed by atoms with Gasteiger partial charge in [-0.25, -0.2) is 4.39 Å². The number of hydrogen-bond acceptors (Lipinski definition) is 2. The van der Waals surface area contributed by atoms with Crippen molar-refractivity contribution in [2.45, 2.75) is 44.4 Å². The molecule has 1 saturated heterocycles. The molecule has 1 aromatic rings. The molecule has 24 heavy (non-hydrogen) atoms. The molecule has 1 heterocycles. The van der Waals surface area contributed by atoms with Crippen LogP contribution in [0.1, 0.15) is 25.3 Å². The van der Waals surface area contributed by atoms with Crippen molar-refractivity contribution in [2.75, 3.05) is 6.54 Å². The third-order valence-corrected chi connectivity index (χ3v) is 3.93. The van der Waals surface area contributed by atoms with Crippen LogP contribution in [0.5, 0.6) is 0 Å². The van der Waals surface area contributed by atoms with Crippen LogP contribution >= 0.6 is 0 Å². The van der Waals surface area contributed by atoms with E-state index in [9.17, 15) is 27.2 Å². The van der Waals surface area contributed by atoms with E-state index in [0.717, 1.165) is 11.0 Å². The molecule has 1 N–H and O–H groups in total. The summed E-state index contributed by atoms with van der Waals surface area (Å²) in [5, 5.41) is 2.55. The molecule has 1 aromatic carbocycles. The van der Waals surface area contributed by atoms with Gasteiger partial charge in [-0.1, -0.05) is 12.1 Å². The van der Waals surface area contributed by atoms with Crippen LogP contribution in [0.4, 0.5) is 17.6 Å². The van der Waals surface area contributed by atoms with E-state index in [-0.39, 0.29) is 31.7 Å². The summed E-state index contributed by atoms with van der Waals surface area (Å²) in [4.78, 5) is 24.2. The molecule has 0 aromatic heterocycles. The lowest BCUT2D eigenvalue weighted by Gasteiger charge is -2.40. The number of halogens is 4. The summed E-state index contributed by atoms with van der Waals surface area (Å²) < 4.78 is 52.8. The maximum Gasteiger partial charge on any atom is 0.408 e. The van der Waals surface area contributed by atoms with Crippen molar-refractivity contribution in [3.63, 3.8) is 0 Å². The van der Waals surface area contributed by atoms with Gasteiger partial charge in [0, 0.05) is 19.5 Å². The predicted molar refractivity (Wildman–Crippen MR) is 78.5 cm³/mol. The van der Waals surface area contributed by atoms with Crippen LogP contribution in [-0.4, -0.2) is 41.5 Å². The van der Waals surface area contributed by atoms with E-state index in [2.05, 4.69) is 5.32 Å². The molecule has 4 nitrogen and oxygen atoms in total. The van der Waals surface area contributed by atoms with Crippen molar-refractivity contribution in [1.29, 1.82) is 0 Å². The molecule has 0 saturated carbocycles. The molecule has 1 aliphatic rings. The van der Waals surface area contributed by atoms with Gasteiger partial charge >= 0.3 is 6.18 Å². The number of carbonyl (C=O) groups excluding carboxylic acids is 2. The molecular weight excluding hydrogens is 328 g/mol. The van der Waals surface area contributed by atoms with Crippen molar-refractivity contribution in [2.24, 2.45) is 0 Å². The fraction of sp³-hybridized carbons (Fsp3) is 0.500. The first-order valence-electron chi connectivity index (χ1n) is 7.54. The van der Waals surface area contributed by atoms with Gasteiger partial charge in [0.15, 0.2) is 0 Å². The Bertz CT molecular complexity index is 618. The quantitative estimate of drug-likeness (QED) is 0.855. The van der Waals surface area contributed by atoms with Crippen molar-refractivity contribution in [1.82, 2.24) is 10.2 Å². The van der Waals surface area contributed by atoms with Gasteiger partial charge in [-0.3, -0.25) is 9.59 Å². The fourth-order valence-corrected chi connectivity index (χ4v) is 2.92. The zero-order valence-electron chi connectivity index (χ0n) is 13.1. The third-order valence-electron chi connectivity index (χ3n) is 3.93. The average molecular weight is 346 g/mol. The normalized spacial score (nSPS) is 21.5. The lowest BCUT2D eigenvalue weighted by molar-refractivity contribution is -0.197. The smallest absolute Gasteiger partial charge is 0.352 e. The number of alkyl halides is 3. The van der Waals surface area contributed by atoms with Crippen LogP contribution < -0.4 is 5.32 Å². The highest BCUT2D eigenvalue weighted by Crippen LogP contribution is 2.32. The molecule has 132 valence electrons. The number of carbonyl (C=O) groups is 2. The second kappa shape index (κ2) is 7.19. The number of hydrogen-bond donors (Lipinski definition) is 1. The average Bonchev–Trinajstić information content (AvgIpc) is 2.45. The van der Waals surface area contributed by atoms with Gasteiger partial charge in [-0.2, -0.15) is 13.2 Å².